The van der Waals surface area contributed by atoms with E-state index in [4.69, 9.17) is 14.7 Å². The normalized spacial score (nSPS) is 32.7. The van der Waals surface area contributed by atoms with Crippen LogP contribution in [0.25, 0.3) is 0 Å². The SMILES string of the molecule is CCC12CC(CO1)C(CC#N)CC2OCc1c(F)cccc1F. The zero-order valence-electron chi connectivity index (χ0n) is 13.2. The van der Waals surface area contributed by atoms with Crippen LogP contribution < -0.4 is 0 Å². The number of ether oxygens (including phenoxy) is 2. The summed E-state index contributed by atoms with van der Waals surface area (Å²) in [6.45, 7) is 2.58. The average Bonchev–Trinajstić information content (AvgIpc) is 2.92. The molecule has 3 rings (SSSR count). The number of nitrogens with zero attached hydrogens (tertiary/aromatic N) is 1. The molecule has 124 valence electrons. The molecule has 23 heavy (non-hydrogen) atoms. The Morgan fingerprint density at radius 3 is 2.78 bits per heavy atom. The number of rotatable bonds is 5. The lowest BCUT2D eigenvalue weighted by Crippen LogP contribution is -2.47. The second-order valence-corrected chi connectivity index (χ2v) is 6.55. The van der Waals surface area contributed by atoms with Crippen LogP contribution in [0.5, 0.6) is 0 Å². The van der Waals surface area contributed by atoms with Crippen LogP contribution in [-0.2, 0) is 16.1 Å². The van der Waals surface area contributed by atoms with Crippen molar-refractivity contribution >= 4 is 0 Å². The first-order chi connectivity index (χ1) is 11.1. The highest BCUT2D eigenvalue weighted by Gasteiger charge is 2.53. The van der Waals surface area contributed by atoms with Crippen molar-refractivity contribution < 1.29 is 18.3 Å². The minimum Gasteiger partial charge on any atom is -0.372 e. The second kappa shape index (κ2) is 6.54. The van der Waals surface area contributed by atoms with Crippen molar-refractivity contribution in [2.75, 3.05) is 6.61 Å². The zero-order chi connectivity index (χ0) is 16.4. The molecule has 0 aromatic heterocycles. The molecule has 1 heterocycles. The van der Waals surface area contributed by atoms with Gasteiger partial charge in [0.25, 0.3) is 0 Å². The lowest BCUT2D eigenvalue weighted by Gasteiger charge is -2.41. The molecular formula is C18H21F2NO2. The fraction of sp³-hybridized carbons (Fsp3) is 0.611. The van der Waals surface area contributed by atoms with Crippen molar-refractivity contribution in [3.8, 4) is 6.07 Å². The van der Waals surface area contributed by atoms with Gasteiger partial charge < -0.3 is 9.47 Å². The molecule has 2 fully saturated rings. The highest BCUT2D eigenvalue weighted by Crippen LogP contribution is 2.49. The fourth-order valence-electron chi connectivity index (χ4n) is 3.96. The lowest BCUT2D eigenvalue weighted by atomic mass is 9.70. The molecule has 1 aliphatic carbocycles. The Morgan fingerprint density at radius 1 is 1.39 bits per heavy atom. The van der Waals surface area contributed by atoms with Crippen molar-refractivity contribution in [3.05, 3.63) is 35.4 Å². The summed E-state index contributed by atoms with van der Waals surface area (Å²) in [7, 11) is 0. The standard InChI is InChI=1S/C18H21F2NO2/c1-2-18-9-13(10-23-18)12(6-7-21)8-17(18)22-11-14-15(19)4-3-5-16(14)20/h3-5,12-13,17H,2,6,8-11H2,1H3. The third kappa shape index (κ3) is 2.98. The fourth-order valence-corrected chi connectivity index (χ4v) is 3.96. The Hall–Kier alpha value is -1.51. The van der Waals surface area contributed by atoms with E-state index < -0.39 is 11.6 Å². The molecule has 1 saturated heterocycles. The second-order valence-electron chi connectivity index (χ2n) is 6.55. The lowest BCUT2D eigenvalue weighted by molar-refractivity contribution is -0.136. The maximum Gasteiger partial charge on any atom is 0.131 e. The van der Waals surface area contributed by atoms with Gasteiger partial charge in [-0.1, -0.05) is 13.0 Å². The van der Waals surface area contributed by atoms with E-state index in [0.29, 0.717) is 25.4 Å². The van der Waals surface area contributed by atoms with Gasteiger partial charge in [-0.05, 0) is 43.2 Å². The monoisotopic (exact) mass is 321 g/mol. The summed E-state index contributed by atoms with van der Waals surface area (Å²) in [5.74, 6) is -0.562. The predicted octanol–water partition coefficient (Wildman–Crippen LogP) is 3.97. The first kappa shape index (κ1) is 16.4. The van der Waals surface area contributed by atoms with Crippen molar-refractivity contribution in [1.29, 1.82) is 5.26 Å². The predicted molar refractivity (Wildman–Crippen MR) is 80.4 cm³/mol. The summed E-state index contributed by atoms with van der Waals surface area (Å²) >= 11 is 0. The van der Waals surface area contributed by atoms with Crippen LogP contribution in [0.1, 0.15) is 38.2 Å². The van der Waals surface area contributed by atoms with Crippen LogP contribution in [0.15, 0.2) is 18.2 Å². The molecular weight excluding hydrogens is 300 g/mol. The Bertz CT molecular complexity index is 595. The first-order valence-electron chi connectivity index (χ1n) is 8.15. The topological polar surface area (TPSA) is 42.2 Å². The van der Waals surface area contributed by atoms with E-state index in [0.717, 1.165) is 12.8 Å². The van der Waals surface area contributed by atoms with Gasteiger partial charge in [0.1, 0.15) is 11.6 Å². The van der Waals surface area contributed by atoms with Crippen molar-refractivity contribution in [3.63, 3.8) is 0 Å². The van der Waals surface area contributed by atoms with Crippen molar-refractivity contribution in [1.82, 2.24) is 0 Å². The molecule has 2 bridgehead atoms. The molecule has 4 unspecified atom stereocenters. The number of hydrogen-bond donors (Lipinski definition) is 0. The zero-order valence-corrected chi connectivity index (χ0v) is 13.2. The quantitative estimate of drug-likeness (QED) is 0.824. The highest BCUT2D eigenvalue weighted by atomic mass is 19.1. The summed E-state index contributed by atoms with van der Waals surface area (Å²) in [6.07, 6.45) is 2.61. The van der Waals surface area contributed by atoms with Gasteiger partial charge >= 0.3 is 0 Å². The van der Waals surface area contributed by atoms with Gasteiger partial charge in [0.15, 0.2) is 0 Å². The number of hydrogen-bond acceptors (Lipinski definition) is 3. The Labute approximate surface area is 135 Å². The summed E-state index contributed by atoms with van der Waals surface area (Å²) in [5, 5.41) is 9.00. The average molecular weight is 321 g/mol. The van der Waals surface area contributed by atoms with Crippen LogP contribution in [-0.4, -0.2) is 18.3 Å². The van der Waals surface area contributed by atoms with Gasteiger partial charge in [-0.25, -0.2) is 8.78 Å². The van der Waals surface area contributed by atoms with Crippen molar-refractivity contribution in [2.24, 2.45) is 11.8 Å². The van der Waals surface area contributed by atoms with Gasteiger partial charge in [0, 0.05) is 12.0 Å². The number of benzene rings is 1. The minimum atomic E-state index is -0.592. The van der Waals surface area contributed by atoms with E-state index in [1.165, 1.54) is 18.2 Å². The van der Waals surface area contributed by atoms with Crippen LogP contribution >= 0.6 is 0 Å². The molecule has 3 nitrogen and oxygen atoms in total. The Kier molecular flexibility index (Phi) is 4.65. The third-order valence-electron chi connectivity index (χ3n) is 5.41. The summed E-state index contributed by atoms with van der Waals surface area (Å²) in [4.78, 5) is 0. The van der Waals surface area contributed by atoms with E-state index in [1.807, 2.05) is 6.92 Å². The molecule has 0 spiro atoms. The van der Waals surface area contributed by atoms with Gasteiger partial charge in [-0.3, -0.25) is 0 Å². The third-order valence-corrected chi connectivity index (χ3v) is 5.41. The molecule has 5 heteroatoms. The van der Waals surface area contributed by atoms with Crippen LogP contribution in [0.3, 0.4) is 0 Å². The molecule has 2 aliphatic rings. The molecule has 4 atom stereocenters. The summed E-state index contributed by atoms with van der Waals surface area (Å²) in [6, 6.07) is 6.05. The largest absolute Gasteiger partial charge is 0.372 e. The summed E-state index contributed by atoms with van der Waals surface area (Å²) < 4.78 is 39.5. The van der Waals surface area contributed by atoms with E-state index in [9.17, 15) is 8.78 Å². The molecule has 1 aromatic carbocycles. The van der Waals surface area contributed by atoms with Crippen LogP contribution in [0, 0.1) is 34.8 Å². The molecule has 0 N–H and O–H groups in total. The molecule has 0 radical (unpaired) electrons. The molecule has 1 aromatic rings. The molecule has 1 aliphatic heterocycles. The molecule has 0 amide bonds. The maximum atomic E-state index is 13.8. The van der Waals surface area contributed by atoms with E-state index >= 15 is 0 Å². The molecule has 1 saturated carbocycles. The van der Waals surface area contributed by atoms with Gasteiger partial charge in [-0.15, -0.1) is 0 Å². The van der Waals surface area contributed by atoms with Crippen LogP contribution in [0.4, 0.5) is 8.78 Å². The van der Waals surface area contributed by atoms with E-state index in [1.54, 1.807) is 0 Å². The smallest absolute Gasteiger partial charge is 0.131 e. The van der Waals surface area contributed by atoms with Crippen LogP contribution in [0.2, 0.25) is 0 Å². The first-order valence-corrected chi connectivity index (χ1v) is 8.15. The maximum absolute atomic E-state index is 13.8. The minimum absolute atomic E-state index is 0.0456. The Balaban J connectivity index is 1.76. The number of halogens is 2. The van der Waals surface area contributed by atoms with Gasteiger partial charge in [-0.2, -0.15) is 5.26 Å². The van der Waals surface area contributed by atoms with E-state index in [-0.39, 0.29) is 29.8 Å². The van der Waals surface area contributed by atoms with Crippen molar-refractivity contribution in [2.45, 2.75) is 50.9 Å². The Morgan fingerprint density at radius 2 is 2.13 bits per heavy atom. The summed E-state index contributed by atoms with van der Waals surface area (Å²) in [5.41, 5.74) is -0.422. The number of nitriles is 1. The van der Waals surface area contributed by atoms with Gasteiger partial charge in [0.05, 0.1) is 31.0 Å². The van der Waals surface area contributed by atoms with Gasteiger partial charge in [0.2, 0.25) is 0 Å². The number of fused-ring (bicyclic) bond motifs is 2. The highest BCUT2D eigenvalue weighted by molar-refractivity contribution is 5.19. The van der Waals surface area contributed by atoms with E-state index in [2.05, 4.69) is 6.07 Å².